The third-order valence-corrected chi connectivity index (χ3v) is 6.12. The van der Waals surface area contributed by atoms with Crippen LogP contribution >= 0.6 is 0 Å². The normalized spacial score (nSPS) is 16.0. The Morgan fingerprint density at radius 2 is 2.06 bits per heavy atom. The van der Waals surface area contributed by atoms with Crippen molar-refractivity contribution in [2.45, 2.75) is 32.9 Å². The maximum atomic E-state index is 9.09. The van der Waals surface area contributed by atoms with E-state index in [0.29, 0.717) is 29.0 Å². The van der Waals surface area contributed by atoms with E-state index in [9.17, 15) is 0 Å². The van der Waals surface area contributed by atoms with Gasteiger partial charge in [0.25, 0.3) is 0 Å². The van der Waals surface area contributed by atoms with Gasteiger partial charge < -0.3 is 14.6 Å². The molecule has 10 nitrogen and oxygen atoms in total. The van der Waals surface area contributed by atoms with Gasteiger partial charge in [0.15, 0.2) is 5.52 Å². The quantitative estimate of drug-likeness (QED) is 0.429. The number of methoxy groups -OCH3 is 1. The second-order valence-electron chi connectivity index (χ2n) is 8.92. The molecule has 4 aromatic rings. The van der Waals surface area contributed by atoms with Crippen LogP contribution in [-0.4, -0.2) is 54.6 Å². The summed E-state index contributed by atoms with van der Waals surface area (Å²) in [6, 6.07) is 10.3. The summed E-state index contributed by atoms with van der Waals surface area (Å²) in [6.07, 6.45) is 6.28. The van der Waals surface area contributed by atoms with Crippen LogP contribution in [0.15, 0.2) is 43.0 Å². The van der Waals surface area contributed by atoms with Crippen molar-refractivity contribution in [1.29, 1.82) is 5.26 Å². The Kier molecular flexibility index (Phi) is 6.25. The van der Waals surface area contributed by atoms with Crippen LogP contribution in [0.2, 0.25) is 0 Å². The Hall–Kier alpha value is -4.10. The Bertz CT molecular complexity index is 1370. The number of aromatic nitrogens is 6. The number of nitrogens with one attached hydrogen (secondary N) is 1. The smallest absolute Gasteiger partial charge is 0.242 e. The standard InChI is InChI=1S/C25H27N9O/c1-16(2)34-15-29-23-21(34)10-20(30-24(23)35-3)19-6-8-27-25(31-19)32-22-5-4-18(12-28-22)14-33-9-7-17(11-26)13-33/h4-6,8,10,12,15-17H,7,9,13-14H2,1-3H3,(H,27,28,31,32). The van der Waals surface area contributed by atoms with Crippen molar-refractivity contribution in [2.24, 2.45) is 5.92 Å². The molecule has 1 aliphatic heterocycles. The number of pyridine rings is 2. The molecule has 1 N–H and O–H groups in total. The summed E-state index contributed by atoms with van der Waals surface area (Å²) in [5.74, 6) is 1.68. The monoisotopic (exact) mass is 469 g/mol. The minimum absolute atomic E-state index is 0.134. The lowest BCUT2D eigenvalue weighted by molar-refractivity contribution is 0.324. The highest BCUT2D eigenvalue weighted by atomic mass is 16.5. The molecule has 4 aromatic heterocycles. The molecule has 0 saturated carbocycles. The number of likely N-dealkylation sites (tertiary alicyclic amines) is 1. The summed E-state index contributed by atoms with van der Waals surface area (Å²) < 4.78 is 7.59. The van der Waals surface area contributed by atoms with Crippen LogP contribution in [0, 0.1) is 17.2 Å². The molecule has 10 heteroatoms. The van der Waals surface area contributed by atoms with Gasteiger partial charge in [0.1, 0.15) is 5.82 Å². The van der Waals surface area contributed by atoms with E-state index in [1.807, 2.05) is 30.5 Å². The summed E-state index contributed by atoms with van der Waals surface area (Å²) in [5.41, 5.74) is 4.10. The van der Waals surface area contributed by atoms with Gasteiger partial charge in [-0.25, -0.2) is 24.9 Å². The molecule has 1 saturated heterocycles. The number of rotatable bonds is 7. The first-order chi connectivity index (χ1) is 17.0. The Morgan fingerprint density at radius 3 is 2.77 bits per heavy atom. The summed E-state index contributed by atoms with van der Waals surface area (Å²) >= 11 is 0. The molecular weight excluding hydrogens is 442 g/mol. The molecule has 0 spiro atoms. The van der Waals surface area contributed by atoms with Gasteiger partial charge in [-0.1, -0.05) is 6.07 Å². The molecule has 35 heavy (non-hydrogen) atoms. The van der Waals surface area contributed by atoms with Gasteiger partial charge in [0.05, 0.1) is 42.3 Å². The number of imidazole rings is 1. The van der Waals surface area contributed by atoms with Gasteiger partial charge in [-0.15, -0.1) is 0 Å². The SMILES string of the molecule is COc1nc(-c2ccnc(Nc3ccc(CN4CCC(C#N)C4)cn3)n2)cc2c1ncn2C(C)C. The number of hydrogen-bond donors (Lipinski definition) is 1. The Balaban J connectivity index is 1.35. The zero-order chi connectivity index (χ0) is 24.4. The molecule has 0 aromatic carbocycles. The number of fused-ring (bicyclic) bond motifs is 1. The molecule has 0 bridgehead atoms. The average molecular weight is 470 g/mol. The third kappa shape index (κ3) is 4.76. The minimum Gasteiger partial charge on any atom is -0.479 e. The summed E-state index contributed by atoms with van der Waals surface area (Å²) in [5, 5.41) is 12.3. The molecular formula is C25H27N9O. The van der Waals surface area contributed by atoms with Crippen LogP contribution in [0.25, 0.3) is 22.4 Å². The van der Waals surface area contributed by atoms with E-state index in [0.717, 1.165) is 42.7 Å². The second-order valence-corrected chi connectivity index (χ2v) is 8.92. The number of anilines is 2. The van der Waals surface area contributed by atoms with Gasteiger partial charge in [-0.3, -0.25) is 4.90 Å². The molecule has 0 amide bonds. The Labute approximate surface area is 203 Å². The fourth-order valence-corrected chi connectivity index (χ4v) is 4.30. The van der Waals surface area contributed by atoms with Crippen LogP contribution in [0.1, 0.15) is 31.9 Å². The van der Waals surface area contributed by atoms with E-state index >= 15 is 0 Å². The summed E-state index contributed by atoms with van der Waals surface area (Å²) in [4.78, 5) is 24.9. The van der Waals surface area contributed by atoms with E-state index in [-0.39, 0.29) is 12.0 Å². The first-order valence-electron chi connectivity index (χ1n) is 11.6. The molecule has 5 heterocycles. The fraction of sp³-hybridized carbons (Fsp3) is 0.360. The van der Waals surface area contributed by atoms with Crippen LogP contribution in [-0.2, 0) is 6.54 Å². The highest BCUT2D eigenvalue weighted by molar-refractivity contribution is 5.84. The van der Waals surface area contributed by atoms with Crippen LogP contribution < -0.4 is 10.1 Å². The highest BCUT2D eigenvalue weighted by Crippen LogP contribution is 2.29. The van der Waals surface area contributed by atoms with Crippen molar-refractivity contribution in [1.82, 2.24) is 34.4 Å². The molecule has 1 atom stereocenters. The van der Waals surface area contributed by atoms with Crippen molar-refractivity contribution < 1.29 is 4.74 Å². The van der Waals surface area contributed by atoms with Gasteiger partial charge in [-0.2, -0.15) is 5.26 Å². The molecule has 1 unspecified atom stereocenters. The number of hydrogen-bond acceptors (Lipinski definition) is 9. The maximum Gasteiger partial charge on any atom is 0.242 e. The van der Waals surface area contributed by atoms with Crippen molar-refractivity contribution in [3.63, 3.8) is 0 Å². The predicted octanol–water partition coefficient (Wildman–Crippen LogP) is 3.96. The van der Waals surface area contributed by atoms with E-state index in [1.54, 1.807) is 19.6 Å². The van der Waals surface area contributed by atoms with Crippen molar-refractivity contribution in [3.05, 3.63) is 48.5 Å². The van der Waals surface area contributed by atoms with Crippen LogP contribution in [0.5, 0.6) is 5.88 Å². The van der Waals surface area contributed by atoms with E-state index < -0.39 is 0 Å². The molecule has 1 fully saturated rings. The van der Waals surface area contributed by atoms with Gasteiger partial charge in [0.2, 0.25) is 11.8 Å². The Morgan fingerprint density at radius 1 is 1.17 bits per heavy atom. The van der Waals surface area contributed by atoms with E-state index in [1.165, 1.54) is 0 Å². The highest BCUT2D eigenvalue weighted by Gasteiger charge is 2.22. The molecule has 5 rings (SSSR count). The third-order valence-electron chi connectivity index (χ3n) is 6.12. The van der Waals surface area contributed by atoms with E-state index in [2.05, 4.69) is 59.6 Å². The summed E-state index contributed by atoms with van der Waals surface area (Å²) in [7, 11) is 1.59. The first-order valence-corrected chi connectivity index (χ1v) is 11.6. The van der Waals surface area contributed by atoms with Gasteiger partial charge in [0, 0.05) is 31.5 Å². The van der Waals surface area contributed by atoms with Gasteiger partial charge >= 0.3 is 0 Å². The minimum atomic E-state index is 0.134. The number of ether oxygens (including phenoxy) is 1. The molecule has 1 aliphatic rings. The van der Waals surface area contributed by atoms with Crippen molar-refractivity contribution >= 4 is 22.8 Å². The zero-order valence-corrected chi connectivity index (χ0v) is 20.0. The largest absolute Gasteiger partial charge is 0.479 e. The average Bonchev–Trinajstić information content (AvgIpc) is 3.52. The maximum absolute atomic E-state index is 9.09. The number of nitriles is 1. The topological polar surface area (TPSA) is 118 Å². The van der Waals surface area contributed by atoms with Crippen LogP contribution in [0.3, 0.4) is 0 Å². The molecule has 178 valence electrons. The second kappa shape index (κ2) is 9.64. The molecule has 0 aliphatic carbocycles. The van der Waals surface area contributed by atoms with Crippen LogP contribution in [0.4, 0.5) is 11.8 Å². The van der Waals surface area contributed by atoms with Gasteiger partial charge in [-0.05, 0) is 50.6 Å². The lowest BCUT2D eigenvalue weighted by Crippen LogP contribution is -2.19. The van der Waals surface area contributed by atoms with E-state index in [4.69, 9.17) is 10.00 Å². The number of nitrogens with zero attached hydrogens (tertiary/aromatic N) is 8. The van der Waals surface area contributed by atoms with Crippen molar-refractivity contribution in [2.75, 3.05) is 25.5 Å². The van der Waals surface area contributed by atoms with Crippen molar-refractivity contribution in [3.8, 4) is 23.3 Å². The summed E-state index contributed by atoms with van der Waals surface area (Å²) in [6.45, 7) is 6.77. The lowest BCUT2D eigenvalue weighted by Gasteiger charge is -2.14. The predicted molar refractivity (Wildman–Crippen MR) is 132 cm³/mol. The molecule has 0 radical (unpaired) electrons. The fourth-order valence-electron chi connectivity index (χ4n) is 4.30. The lowest BCUT2D eigenvalue weighted by atomic mass is 10.1. The first kappa shape index (κ1) is 22.7. The zero-order valence-electron chi connectivity index (χ0n) is 20.0.